The molecule has 1 aromatic heterocycles. The minimum absolute atomic E-state index is 0.193. The molecule has 130 valence electrons. The molecule has 7 heteroatoms. The van der Waals surface area contributed by atoms with Crippen LogP contribution in [-0.4, -0.2) is 9.55 Å². The van der Waals surface area contributed by atoms with Crippen LogP contribution in [0, 0.1) is 0 Å². The van der Waals surface area contributed by atoms with Crippen LogP contribution in [0.3, 0.4) is 0 Å². The first kappa shape index (κ1) is 19.9. The van der Waals surface area contributed by atoms with Crippen molar-refractivity contribution in [3.05, 3.63) is 76.2 Å². The van der Waals surface area contributed by atoms with Gasteiger partial charge in [0.15, 0.2) is 0 Å². The average Bonchev–Trinajstić information content (AvgIpc) is 2.66. The van der Waals surface area contributed by atoms with Gasteiger partial charge in [-0.15, -0.1) is 0 Å². The Morgan fingerprint density at radius 3 is 2.24 bits per heavy atom. The number of para-hydroxylation sites is 1. The Hall–Kier alpha value is -1.43. The van der Waals surface area contributed by atoms with Gasteiger partial charge >= 0.3 is 0 Å². The van der Waals surface area contributed by atoms with Crippen molar-refractivity contribution in [2.45, 2.75) is 13.8 Å². The fourth-order valence-electron chi connectivity index (χ4n) is 2.07. The highest BCUT2D eigenvalue weighted by Crippen LogP contribution is 2.29. The Kier molecular flexibility index (Phi) is 7.88. The van der Waals surface area contributed by atoms with E-state index in [4.69, 9.17) is 16.3 Å². The molecule has 2 aromatic carbocycles. The lowest BCUT2D eigenvalue weighted by Gasteiger charge is -2.08. The quantitative estimate of drug-likeness (QED) is 0.327. The van der Waals surface area contributed by atoms with Gasteiger partial charge in [0.1, 0.15) is 11.5 Å². The normalized spacial score (nSPS) is 10.4. The van der Waals surface area contributed by atoms with Crippen LogP contribution >= 0.6 is 40.0 Å². The SMILES string of the molecule is CC.O=c1c(-c2ccc(Oc3ccccc3)cc2)c(Cl)cnn1PI. The molecule has 1 atom stereocenters. The maximum absolute atomic E-state index is 12.4. The third-order valence-electron chi connectivity index (χ3n) is 3.13. The molecule has 0 fully saturated rings. The van der Waals surface area contributed by atoms with Crippen LogP contribution in [0.1, 0.15) is 13.8 Å². The molecule has 0 saturated heterocycles. The van der Waals surface area contributed by atoms with Gasteiger partial charge < -0.3 is 4.74 Å². The molecule has 1 heterocycles. The maximum Gasteiger partial charge on any atom is 0.279 e. The number of aromatic nitrogens is 2. The van der Waals surface area contributed by atoms with Crippen molar-refractivity contribution in [2.75, 3.05) is 0 Å². The largest absolute Gasteiger partial charge is 0.457 e. The number of benzene rings is 2. The number of halogens is 2. The first-order chi connectivity index (χ1) is 12.2. The number of ether oxygens (including phenoxy) is 1. The minimum Gasteiger partial charge on any atom is -0.457 e. The van der Waals surface area contributed by atoms with Crippen LogP contribution < -0.4 is 10.3 Å². The van der Waals surface area contributed by atoms with Crippen molar-refractivity contribution in [3.63, 3.8) is 0 Å². The standard InChI is InChI=1S/C16H11ClIN2O2P.C2H6/c17-14-10-19-20(23-18)16(21)15(14)11-6-8-13(9-7-11)22-12-4-2-1-3-5-12;1-2/h1-10,23H;1-2H3. The van der Waals surface area contributed by atoms with E-state index in [1.165, 1.54) is 10.6 Å². The summed E-state index contributed by atoms with van der Waals surface area (Å²) in [6, 6.07) is 16.8. The topological polar surface area (TPSA) is 44.1 Å². The molecule has 0 radical (unpaired) electrons. The van der Waals surface area contributed by atoms with Crippen LogP contribution in [0.4, 0.5) is 0 Å². The monoisotopic (exact) mass is 486 g/mol. The Morgan fingerprint density at radius 2 is 1.64 bits per heavy atom. The van der Waals surface area contributed by atoms with E-state index < -0.39 is 0 Å². The van der Waals surface area contributed by atoms with E-state index in [9.17, 15) is 4.79 Å². The predicted molar refractivity (Wildman–Crippen MR) is 115 cm³/mol. The molecule has 1 unspecified atom stereocenters. The van der Waals surface area contributed by atoms with Crippen molar-refractivity contribution >= 4 is 40.0 Å². The van der Waals surface area contributed by atoms with Crippen LogP contribution in [0.2, 0.25) is 5.02 Å². The van der Waals surface area contributed by atoms with Crippen molar-refractivity contribution in [3.8, 4) is 22.6 Å². The molecule has 0 spiro atoms. The Bertz CT molecular complexity index is 870. The molecule has 0 amide bonds. The second kappa shape index (κ2) is 9.90. The number of hydrogen-bond acceptors (Lipinski definition) is 3. The fraction of sp³-hybridized carbons (Fsp3) is 0.111. The fourth-order valence-corrected chi connectivity index (χ4v) is 3.62. The molecule has 0 aliphatic carbocycles. The highest BCUT2D eigenvalue weighted by atomic mass is 127. The highest BCUT2D eigenvalue weighted by molar-refractivity contribution is 14.2. The van der Waals surface area contributed by atoms with E-state index in [0.717, 1.165) is 11.3 Å². The number of nitrogens with zero attached hydrogens (tertiary/aromatic N) is 2. The molecular weight excluding hydrogens is 470 g/mol. The maximum atomic E-state index is 12.4. The van der Waals surface area contributed by atoms with Crippen LogP contribution in [0.5, 0.6) is 11.5 Å². The van der Waals surface area contributed by atoms with Crippen LogP contribution in [0.25, 0.3) is 11.1 Å². The van der Waals surface area contributed by atoms with Crippen molar-refractivity contribution < 1.29 is 4.74 Å². The molecule has 3 rings (SSSR count). The summed E-state index contributed by atoms with van der Waals surface area (Å²) in [4.78, 5) is 12.4. The van der Waals surface area contributed by atoms with Gasteiger partial charge in [-0.1, -0.05) is 55.8 Å². The molecule has 4 nitrogen and oxygen atoms in total. The average molecular weight is 487 g/mol. The number of rotatable bonds is 4. The predicted octanol–water partition coefficient (Wildman–Crippen LogP) is 6.17. The molecule has 0 aliphatic rings. The third kappa shape index (κ3) is 5.03. The van der Waals surface area contributed by atoms with E-state index >= 15 is 0 Å². The van der Waals surface area contributed by atoms with E-state index in [1.807, 2.05) is 68.4 Å². The summed E-state index contributed by atoms with van der Waals surface area (Å²) in [6.07, 6.45) is 1.72. The molecule has 0 aliphatic heterocycles. The Morgan fingerprint density at radius 1 is 1.04 bits per heavy atom. The minimum atomic E-state index is -0.193. The van der Waals surface area contributed by atoms with Gasteiger partial charge in [-0.05, 0) is 51.9 Å². The summed E-state index contributed by atoms with van der Waals surface area (Å²) in [5.41, 5.74) is 1.00. The summed E-state index contributed by atoms with van der Waals surface area (Å²) in [5, 5.41) is 4.35. The van der Waals surface area contributed by atoms with Gasteiger partial charge in [-0.2, -0.15) is 5.10 Å². The lowest BCUT2D eigenvalue weighted by molar-refractivity contribution is 0.483. The molecule has 0 bridgehead atoms. The van der Waals surface area contributed by atoms with E-state index in [0.29, 0.717) is 16.3 Å². The van der Waals surface area contributed by atoms with E-state index in [-0.39, 0.29) is 11.9 Å². The Labute approximate surface area is 166 Å². The molecule has 0 saturated carbocycles. The second-order valence-corrected chi connectivity index (χ2v) is 7.06. The summed E-state index contributed by atoms with van der Waals surface area (Å²) >= 11 is 8.27. The highest BCUT2D eigenvalue weighted by Gasteiger charge is 2.12. The van der Waals surface area contributed by atoms with Gasteiger partial charge in [0, 0.05) is 0 Å². The number of hydrogen-bond donors (Lipinski definition) is 0. The lowest BCUT2D eigenvalue weighted by Crippen LogP contribution is -2.18. The van der Waals surface area contributed by atoms with Gasteiger partial charge in [0.25, 0.3) is 5.56 Å². The zero-order valence-corrected chi connectivity index (χ0v) is 17.7. The molecule has 3 aromatic rings. The zero-order valence-electron chi connectivity index (χ0n) is 13.7. The van der Waals surface area contributed by atoms with Crippen LogP contribution in [0.15, 0.2) is 65.6 Å². The summed E-state index contributed by atoms with van der Waals surface area (Å²) < 4.78 is 7.15. The molecule has 25 heavy (non-hydrogen) atoms. The van der Waals surface area contributed by atoms with Crippen LogP contribution in [-0.2, 0) is 0 Å². The smallest absolute Gasteiger partial charge is 0.279 e. The second-order valence-electron chi connectivity index (χ2n) is 4.61. The molecule has 0 N–H and O–H groups in total. The third-order valence-corrected chi connectivity index (χ3v) is 5.27. The molecular formula is C18H17ClIN2O2P. The van der Waals surface area contributed by atoms with Crippen molar-refractivity contribution in [2.24, 2.45) is 0 Å². The summed E-state index contributed by atoms with van der Waals surface area (Å²) in [7, 11) is 0. The van der Waals surface area contributed by atoms with Gasteiger partial charge in [-0.25, -0.2) is 4.45 Å². The summed E-state index contributed by atoms with van der Waals surface area (Å²) in [6.45, 7) is 4.00. The van der Waals surface area contributed by atoms with E-state index in [2.05, 4.69) is 27.1 Å². The Balaban J connectivity index is 0.00000109. The van der Waals surface area contributed by atoms with Gasteiger partial charge in [0.05, 0.1) is 23.2 Å². The van der Waals surface area contributed by atoms with Crippen molar-refractivity contribution in [1.82, 2.24) is 9.55 Å². The first-order valence-electron chi connectivity index (χ1n) is 7.67. The van der Waals surface area contributed by atoms with E-state index in [1.54, 1.807) is 0 Å². The zero-order chi connectivity index (χ0) is 18.2. The van der Waals surface area contributed by atoms with Crippen molar-refractivity contribution in [1.29, 1.82) is 0 Å². The van der Waals surface area contributed by atoms with Gasteiger partial charge in [0.2, 0.25) is 0 Å². The first-order valence-corrected chi connectivity index (χ1v) is 12.1. The van der Waals surface area contributed by atoms with Gasteiger partial charge in [-0.3, -0.25) is 4.79 Å². The lowest BCUT2D eigenvalue weighted by atomic mass is 10.1. The summed E-state index contributed by atoms with van der Waals surface area (Å²) in [5.74, 6) is 1.46.